The van der Waals surface area contributed by atoms with Gasteiger partial charge in [0.1, 0.15) is 5.76 Å². The average molecular weight is 462 g/mol. The molecule has 0 aliphatic carbocycles. The van der Waals surface area contributed by atoms with E-state index in [2.05, 4.69) is 15.9 Å². The van der Waals surface area contributed by atoms with Crippen LogP contribution in [0.25, 0.3) is 5.76 Å². The molecule has 0 spiro atoms. The molecule has 3 aromatic carbocycles. The number of carbonyl (C=O) groups excluding carboxylic acids is 2. The van der Waals surface area contributed by atoms with Crippen LogP contribution in [0.4, 0.5) is 5.69 Å². The van der Waals surface area contributed by atoms with E-state index in [1.165, 1.54) is 4.90 Å². The molecule has 5 heteroatoms. The van der Waals surface area contributed by atoms with Gasteiger partial charge in [0.15, 0.2) is 0 Å². The van der Waals surface area contributed by atoms with Gasteiger partial charge in [-0.15, -0.1) is 0 Å². The number of aryl methyl sites for hydroxylation is 2. The number of anilines is 1. The maximum absolute atomic E-state index is 13.1. The van der Waals surface area contributed by atoms with E-state index in [1.54, 1.807) is 12.1 Å². The third kappa shape index (κ3) is 3.57. The number of halogens is 1. The summed E-state index contributed by atoms with van der Waals surface area (Å²) in [5.74, 6) is -1.52. The molecule has 1 saturated heterocycles. The van der Waals surface area contributed by atoms with E-state index in [0.29, 0.717) is 11.3 Å². The topological polar surface area (TPSA) is 57.6 Å². The minimum atomic E-state index is -0.720. The van der Waals surface area contributed by atoms with Gasteiger partial charge in [-0.05, 0) is 43.7 Å². The van der Waals surface area contributed by atoms with Crippen LogP contribution in [-0.2, 0) is 9.59 Å². The number of amides is 1. The minimum absolute atomic E-state index is 0.0896. The van der Waals surface area contributed by atoms with Crippen LogP contribution < -0.4 is 4.90 Å². The highest BCUT2D eigenvalue weighted by Gasteiger charge is 2.46. The van der Waals surface area contributed by atoms with Crippen LogP contribution in [0.2, 0.25) is 0 Å². The van der Waals surface area contributed by atoms with Gasteiger partial charge in [-0.1, -0.05) is 75.6 Å². The fraction of sp³-hybridized carbons (Fsp3) is 0.120. The van der Waals surface area contributed by atoms with Crippen molar-refractivity contribution in [1.82, 2.24) is 0 Å². The summed E-state index contributed by atoms with van der Waals surface area (Å²) < 4.78 is 0.886. The number of hydrogen-bond donors (Lipinski definition) is 1. The van der Waals surface area contributed by atoms with Crippen LogP contribution in [0, 0.1) is 13.8 Å². The van der Waals surface area contributed by atoms with Crippen LogP contribution in [0.15, 0.2) is 82.8 Å². The lowest BCUT2D eigenvalue weighted by Gasteiger charge is -2.25. The van der Waals surface area contributed by atoms with E-state index < -0.39 is 17.7 Å². The first-order chi connectivity index (χ1) is 14.4. The van der Waals surface area contributed by atoms with Gasteiger partial charge in [0.05, 0.1) is 11.6 Å². The van der Waals surface area contributed by atoms with Gasteiger partial charge < -0.3 is 5.11 Å². The molecule has 1 fully saturated rings. The Kier molecular flexibility index (Phi) is 5.31. The third-order valence-corrected chi connectivity index (χ3v) is 5.80. The molecule has 0 radical (unpaired) electrons. The summed E-state index contributed by atoms with van der Waals surface area (Å²) in [7, 11) is 0. The Morgan fingerprint density at radius 2 is 1.37 bits per heavy atom. The second-order valence-corrected chi connectivity index (χ2v) is 8.34. The molecule has 1 amide bonds. The number of aliphatic hydroxyl groups excluding tert-OH is 1. The van der Waals surface area contributed by atoms with Crippen LogP contribution in [0.5, 0.6) is 0 Å². The summed E-state index contributed by atoms with van der Waals surface area (Å²) in [5.41, 5.74) is 4.04. The van der Waals surface area contributed by atoms with Crippen LogP contribution in [-0.4, -0.2) is 16.8 Å². The predicted molar refractivity (Wildman–Crippen MR) is 121 cm³/mol. The lowest BCUT2D eigenvalue weighted by molar-refractivity contribution is -0.132. The average Bonchev–Trinajstić information content (AvgIpc) is 3.00. The first-order valence-corrected chi connectivity index (χ1v) is 10.4. The summed E-state index contributed by atoms with van der Waals surface area (Å²) in [4.78, 5) is 27.6. The zero-order valence-corrected chi connectivity index (χ0v) is 18.2. The molecule has 0 bridgehead atoms. The SMILES string of the molecule is Cc1ccc(C(O)=C2C(=O)C(=O)N(c3ccc(C)cc3)C2c2ccc(Br)cc2)cc1. The Balaban J connectivity index is 1.93. The molecule has 1 N–H and O–H groups in total. The lowest BCUT2D eigenvalue weighted by atomic mass is 9.95. The van der Waals surface area contributed by atoms with Gasteiger partial charge >= 0.3 is 0 Å². The Morgan fingerprint density at radius 3 is 1.93 bits per heavy atom. The number of benzene rings is 3. The number of carbonyl (C=O) groups is 2. The van der Waals surface area contributed by atoms with Gasteiger partial charge in [-0.2, -0.15) is 0 Å². The van der Waals surface area contributed by atoms with Crippen LogP contribution >= 0.6 is 15.9 Å². The molecule has 0 saturated carbocycles. The molecule has 4 rings (SSSR count). The number of ketones is 1. The molecule has 0 aromatic heterocycles. The Hall–Kier alpha value is -3.18. The standard InChI is InChI=1S/C25H20BrNO3/c1-15-3-7-18(8-4-15)23(28)21-22(17-9-11-19(26)12-10-17)27(25(30)24(21)29)20-13-5-16(2)6-14-20/h3-14,22,28H,1-2H3. The molecule has 1 aliphatic heterocycles. The van der Waals surface area contributed by atoms with Crippen molar-refractivity contribution < 1.29 is 14.7 Å². The Morgan fingerprint density at radius 1 is 0.833 bits per heavy atom. The summed E-state index contributed by atoms with van der Waals surface area (Å²) in [6, 6.07) is 21.4. The number of nitrogens with zero attached hydrogens (tertiary/aromatic N) is 1. The first kappa shape index (κ1) is 20.1. The van der Waals surface area contributed by atoms with Crippen molar-refractivity contribution in [1.29, 1.82) is 0 Å². The van der Waals surface area contributed by atoms with Crippen molar-refractivity contribution in [3.8, 4) is 0 Å². The minimum Gasteiger partial charge on any atom is -0.507 e. The zero-order chi connectivity index (χ0) is 21.4. The van der Waals surface area contributed by atoms with Crippen molar-refractivity contribution in [3.05, 3.63) is 105 Å². The highest BCUT2D eigenvalue weighted by molar-refractivity contribution is 9.10. The number of aliphatic hydroxyl groups is 1. The van der Waals surface area contributed by atoms with Crippen molar-refractivity contribution >= 4 is 39.1 Å². The zero-order valence-electron chi connectivity index (χ0n) is 16.6. The monoisotopic (exact) mass is 461 g/mol. The Labute approximate surface area is 183 Å². The summed E-state index contributed by atoms with van der Waals surface area (Å²) in [6.45, 7) is 3.91. The van der Waals surface area contributed by atoms with Gasteiger partial charge in [0, 0.05) is 15.7 Å². The quantitative estimate of drug-likeness (QED) is 0.309. The molecular formula is C25H20BrNO3. The summed E-state index contributed by atoms with van der Waals surface area (Å²) in [6.07, 6.45) is 0. The molecule has 1 atom stereocenters. The molecular weight excluding hydrogens is 442 g/mol. The van der Waals surface area contributed by atoms with E-state index in [-0.39, 0.29) is 11.3 Å². The van der Waals surface area contributed by atoms with E-state index >= 15 is 0 Å². The smallest absolute Gasteiger partial charge is 0.300 e. The van der Waals surface area contributed by atoms with Crippen LogP contribution in [0.1, 0.15) is 28.3 Å². The molecule has 3 aromatic rings. The second kappa shape index (κ2) is 7.92. The molecule has 4 nitrogen and oxygen atoms in total. The molecule has 30 heavy (non-hydrogen) atoms. The molecule has 150 valence electrons. The van der Waals surface area contributed by atoms with E-state index in [9.17, 15) is 14.7 Å². The predicted octanol–water partition coefficient (Wildman–Crippen LogP) is 5.69. The molecule has 1 heterocycles. The number of rotatable bonds is 3. The highest BCUT2D eigenvalue weighted by Crippen LogP contribution is 2.42. The fourth-order valence-corrected chi connectivity index (χ4v) is 3.90. The maximum Gasteiger partial charge on any atom is 0.300 e. The van der Waals surface area contributed by atoms with Crippen LogP contribution in [0.3, 0.4) is 0 Å². The number of Topliss-reactive ketones (excluding diaryl/α,β-unsaturated/α-hetero) is 1. The summed E-state index contributed by atoms with van der Waals surface area (Å²) in [5, 5.41) is 11.1. The van der Waals surface area contributed by atoms with E-state index in [1.807, 2.05) is 74.5 Å². The van der Waals surface area contributed by atoms with Crippen molar-refractivity contribution in [3.63, 3.8) is 0 Å². The summed E-state index contributed by atoms with van der Waals surface area (Å²) >= 11 is 3.42. The van der Waals surface area contributed by atoms with Gasteiger partial charge in [-0.3, -0.25) is 14.5 Å². The normalized spacial score (nSPS) is 18.1. The van der Waals surface area contributed by atoms with Gasteiger partial charge in [0.2, 0.25) is 0 Å². The van der Waals surface area contributed by atoms with Crippen molar-refractivity contribution in [2.75, 3.05) is 4.90 Å². The third-order valence-electron chi connectivity index (χ3n) is 5.27. The maximum atomic E-state index is 13.1. The van der Waals surface area contributed by atoms with Crippen molar-refractivity contribution in [2.45, 2.75) is 19.9 Å². The van der Waals surface area contributed by atoms with E-state index in [4.69, 9.17) is 0 Å². The largest absolute Gasteiger partial charge is 0.507 e. The molecule has 1 aliphatic rings. The van der Waals surface area contributed by atoms with Crippen molar-refractivity contribution in [2.24, 2.45) is 0 Å². The fourth-order valence-electron chi connectivity index (χ4n) is 3.63. The van der Waals surface area contributed by atoms with Gasteiger partial charge in [-0.25, -0.2) is 0 Å². The highest BCUT2D eigenvalue weighted by atomic mass is 79.9. The Bertz CT molecular complexity index is 1150. The lowest BCUT2D eigenvalue weighted by Crippen LogP contribution is -2.29. The van der Waals surface area contributed by atoms with Gasteiger partial charge in [0.25, 0.3) is 11.7 Å². The number of hydrogen-bond acceptors (Lipinski definition) is 3. The van der Waals surface area contributed by atoms with E-state index in [0.717, 1.165) is 21.2 Å². The first-order valence-electron chi connectivity index (χ1n) is 9.57. The molecule has 1 unspecified atom stereocenters. The second-order valence-electron chi connectivity index (χ2n) is 7.42.